The summed E-state index contributed by atoms with van der Waals surface area (Å²) in [5.74, 6) is 0. The number of amides is 1. The maximum atomic E-state index is 13.4. The zero-order chi connectivity index (χ0) is 48.4. The molecule has 66 heavy (non-hydrogen) atoms. The summed E-state index contributed by atoms with van der Waals surface area (Å²) < 4.78 is 57.6. The van der Waals surface area contributed by atoms with E-state index in [0.29, 0.717) is 64.5 Å². The van der Waals surface area contributed by atoms with Crippen molar-refractivity contribution in [2.24, 2.45) is 11.5 Å². The molecule has 6 N–H and O–H groups in total. The van der Waals surface area contributed by atoms with Crippen molar-refractivity contribution in [3.8, 4) is 22.4 Å². The number of rotatable bonds is 26. The van der Waals surface area contributed by atoms with Crippen molar-refractivity contribution in [3.05, 3.63) is 120 Å². The Morgan fingerprint density at radius 2 is 1.36 bits per heavy atom. The third kappa shape index (κ3) is 21.4. The van der Waals surface area contributed by atoms with E-state index in [4.69, 9.17) is 39.0 Å². The fourth-order valence-corrected chi connectivity index (χ4v) is 7.47. The molecule has 0 aliphatic carbocycles. The number of aromatic nitrogens is 1. The van der Waals surface area contributed by atoms with E-state index in [1.165, 1.54) is 44.0 Å². The van der Waals surface area contributed by atoms with Gasteiger partial charge in [-0.2, -0.15) is 13.2 Å². The van der Waals surface area contributed by atoms with Gasteiger partial charge in [0.25, 0.3) is 0 Å². The van der Waals surface area contributed by atoms with Crippen LogP contribution >= 0.6 is 0 Å². The fourth-order valence-electron chi connectivity index (χ4n) is 7.47. The molecular formula is C51H72F3N5O7. The molecule has 1 aliphatic rings. The van der Waals surface area contributed by atoms with E-state index in [1.54, 1.807) is 12.3 Å². The number of aliphatic hydroxyl groups excluding tert-OH is 2. The number of hydrogen-bond donors (Lipinski definition) is 4. The van der Waals surface area contributed by atoms with Gasteiger partial charge in [0.1, 0.15) is 6.79 Å². The van der Waals surface area contributed by atoms with E-state index in [-0.39, 0.29) is 19.6 Å². The van der Waals surface area contributed by atoms with Crippen LogP contribution in [-0.2, 0) is 42.8 Å². The maximum absolute atomic E-state index is 13.4. The number of nitrogens with zero attached hydrogens (tertiary/aromatic N) is 3. The number of aryl methyl sites for hydroxylation is 1. The van der Waals surface area contributed by atoms with Gasteiger partial charge in [-0.05, 0) is 123 Å². The topological polar surface area (TPSA) is 174 Å². The average Bonchev–Trinajstić information content (AvgIpc) is 3.34. The lowest BCUT2D eigenvalue weighted by Gasteiger charge is -2.29. The minimum Gasteiger partial charge on any atom is -0.395 e. The van der Waals surface area contributed by atoms with Crippen LogP contribution in [0.5, 0.6) is 0 Å². The summed E-state index contributed by atoms with van der Waals surface area (Å²) in [4.78, 5) is 25.7. The van der Waals surface area contributed by atoms with E-state index in [1.807, 2.05) is 23.8 Å². The number of carbonyl (C=O) groups is 2. The summed E-state index contributed by atoms with van der Waals surface area (Å²) in [5, 5.41) is 18.3. The summed E-state index contributed by atoms with van der Waals surface area (Å²) in [6.07, 6.45) is 7.04. The Bertz CT molecular complexity index is 1920. The Morgan fingerprint density at radius 3 is 2.03 bits per heavy atom. The van der Waals surface area contributed by atoms with Gasteiger partial charge >= 0.3 is 6.18 Å². The molecule has 3 aromatic carbocycles. The SMILES string of the molecule is C=C(CCOCCOCCCCCOCCCc1cccc(-c2ccc(N3CCCCC3)cc2-c2cc(Cc3cccc(C(F)(F)F)c3)ccn2)c1)N(CCO)CCO.C=O.CN.NC=O. The third-order valence-corrected chi connectivity index (χ3v) is 10.7. The Hall–Kier alpha value is -5.16. The molecule has 1 aliphatic heterocycles. The van der Waals surface area contributed by atoms with Gasteiger partial charge in [-0.25, -0.2) is 0 Å². The van der Waals surface area contributed by atoms with Crippen molar-refractivity contribution in [3.63, 3.8) is 0 Å². The quantitative estimate of drug-likeness (QED) is 0.0357. The molecule has 0 atom stereocenters. The number of aliphatic hydroxyl groups is 2. The largest absolute Gasteiger partial charge is 0.416 e. The lowest BCUT2D eigenvalue weighted by Crippen LogP contribution is -2.29. The van der Waals surface area contributed by atoms with Crippen LogP contribution in [0.3, 0.4) is 0 Å². The van der Waals surface area contributed by atoms with Crippen LogP contribution < -0.4 is 16.4 Å². The molecular weight excluding hydrogens is 852 g/mol. The van der Waals surface area contributed by atoms with E-state index in [0.717, 1.165) is 97.2 Å². The lowest BCUT2D eigenvalue weighted by molar-refractivity contribution is -0.137. The number of piperidine rings is 1. The maximum Gasteiger partial charge on any atom is 0.416 e. The molecule has 2 heterocycles. The number of ether oxygens (including phenoxy) is 3. The summed E-state index contributed by atoms with van der Waals surface area (Å²) in [6, 6.07) is 24.7. The molecule has 364 valence electrons. The van der Waals surface area contributed by atoms with Crippen LogP contribution in [0.4, 0.5) is 18.9 Å². The zero-order valence-electron chi connectivity index (χ0n) is 38.7. The van der Waals surface area contributed by atoms with Crippen LogP contribution in [0.15, 0.2) is 97.3 Å². The first-order chi connectivity index (χ1) is 32.2. The first kappa shape index (κ1) is 57.0. The molecule has 1 fully saturated rings. The number of benzene rings is 3. The number of halogens is 3. The molecule has 1 amide bonds. The lowest BCUT2D eigenvalue weighted by atomic mass is 9.93. The van der Waals surface area contributed by atoms with E-state index in [2.05, 4.69) is 65.4 Å². The van der Waals surface area contributed by atoms with Crippen molar-refractivity contribution >= 4 is 18.9 Å². The van der Waals surface area contributed by atoms with E-state index < -0.39 is 11.7 Å². The van der Waals surface area contributed by atoms with Crippen LogP contribution in [0.25, 0.3) is 22.4 Å². The number of primary amides is 1. The normalized spacial score (nSPS) is 12.1. The minimum absolute atomic E-state index is 0.0215. The number of anilines is 1. The fraction of sp³-hybridized carbons (Fsp3) is 0.471. The van der Waals surface area contributed by atoms with Crippen molar-refractivity contribution in [1.29, 1.82) is 0 Å². The van der Waals surface area contributed by atoms with Gasteiger partial charge in [-0.1, -0.05) is 55.1 Å². The molecule has 1 aromatic heterocycles. The van der Waals surface area contributed by atoms with Gasteiger partial charge in [-0.3, -0.25) is 9.78 Å². The predicted octanol–water partition coefficient (Wildman–Crippen LogP) is 7.85. The summed E-state index contributed by atoms with van der Waals surface area (Å²) in [7, 11) is 1.50. The molecule has 12 nitrogen and oxygen atoms in total. The highest BCUT2D eigenvalue weighted by Crippen LogP contribution is 2.37. The van der Waals surface area contributed by atoms with Crippen molar-refractivity contribution in [1.82, 2.24) is 9.88 Å². The molecule has 0 spiro atoms. The average molecular weight is 924 g/mol. The highest BCUT2D eigenvalue weighted by atomic mass is 19.4. The minimum atomic E-state index is -4.38. The van der Waals surface area contributed by atoms with Gasteiger partial charge in [-0.15, -0.1) is 0 Å². The number of carbonyl (C=O) groups excluding carboxylic acids is 2. The number of alkyl halides is 3. The molecule has 5 rings (SSSR count). The van der Waals surface area contributed by atoms with Crippen molar-refractivity contribution < 1.29 is 47.2 Å². The molecule has 0 saturated carbocycles. The second kappa shape index (κ2) is 34.2. The number of pyridine rings is 1. The van der Waals surface area contributed by atoms with E-state index in [9.17, 15) is 13.2 Å². The van der Waals surface area contributed by atoms with Crippen LogP contribution in [0.1, 0.15) is 73.6 Å². The zero-order valence-corrected chi connectivity index (χ0v) is 38.7. The van der Waals surface area contributed by atoms with Crippen LogP contribution in [0.2, 0.25) is 0 Å². The molecule has 1 saturated heterocycles. The van der Waals surface area contributed by atoms with Gasteiger partial charge < -0.3 is 50.5 Å². The Morgan fingerprint density at radius 1 is 0.758 bits per heavy atom. The predicted molar refractivity (Wildman–Crippen MR) is 257 cm³/mol. The van der Waals surface area contributed by atoms with Gasteiger partial charge in [0.2, 0.25) is 6.41 Å². The second-order valence-electron chi connectivity index (χ2n) is 15.3. The Kier molecular flexibility index (Phi) is 29.5. The molecule has 4 aromatic rings. The highest BCUT2D eigenvalue weighted by molar-refractivity contribution is 5.85. The van der Waals surface area contributed by atoms with Crippen LogP contribution in [-0.4, -0.2) is 119 Å². The number of nitrogens with two attached hydrogens (primary N) is 2. The number of unbranched alkanes of at least 4 members (excludes halogenated alkanes) is 2. The highest BCUT2D eigenvalue weighted by Gasteiger charge is 2.30. The molecule has 0 radical (unpaired) electrons. The monoisotopic (exact) mass is 924 g/mol. The summed E-state index contributed by atoms with van der Waals surface area (Å²) >= 11 is 0. The van der Waals surface area contributed by atoms with Crippen molar-refractivity contribution in [2.45, 2.75) is 70.4 Å². The molecule has 15 heteroatoms. The van der Waals surface area contributed by atoms with E-state index >= 15 is 0 Å². The Labute approximate surface area is 389 Å². The third-order valence-electron chi connectivity index (χ3n) is 10.7. The molecule has 0 bridgehead atoms. The standard InChI is InChI=1S/C48H62F3N3O5.CH3NO.CH5N.CH2O/c1-38(53(23-25-55)24-26-56)19-30-59-32-31-58-28-7-3-6-27-57-29-10-13-39-11-8-14-42(34-39)45-17-16-44(54-21-4-2-5-22-54)37-46(45)47-36-41(18-20-52-47)33-40-12-9-15-43(35-40)48(49,50)51;2-1-3;2*1-2/h8-9,11-12,14-18,20,34-37,55-56H,1-7,10,13,19,21-33H2;1H,(H2,2,3);2H2,1H3;1H2. The Balaban J connectivity index is 0.00000202. The first-order valence-corrected chi connectivity index (χ1v) is 22.7. The van der Waals surface area contributed by atoms with Gasteiger partial charge in [0.05, 0.1) is 44.3 Å². The number of hydrogen-bond acceptors (Lipinski definition) is 11. The van der Waals surface area contributed by atoms with Gasteiger partial charge in [0, 0.05) is 75.6 Å². The first-order valence-electron chi connectivity index (χ1n) is 22.7. The smallest absolute Gasteiger partial charge is 0.395 e. The summed E-state index contributed by atoms with van der Waals surface area (Å²) in [6.45, 7) is 12.7. The second-order valence-corrected chi connectivity index (χ2v) is 15.3. The molecule has 0 unspecified atom stereocenters. The van der Waals surface area contributed by atoms with Crippen LogP contribution in [0, 0.1) is 0 Å². The van der Waals surface area contributed by atoms with Crippen molar-refractivity contribution in [2.75, 3.05) is 91.0 Å². The summed E-state index contributed by atoms with van der Waals surface area (Å²) in [5.41, 5.74) is 16.8. The van der Waals surface area contributed by atoms with Gasteiger partial charge in [0.15, 0.2) is 0 Å².